The van der Waals surface area contributed by atoms with Crippen molar-refractivity contribution in [2.45, 2.75) is 63.1 Å². The molecule has 2 fully saturated rings. The van der Waals surface area contributed by atoms with Gasteiger partial charge in [-0.1, -0.05) is 37.3 Å². The third-order valence-corrected chi connectivity index (χ3v) is 5.83. The minimum Gasteiger partial charge on any atom is -0.488 e. The first-order valence-electron chi connectivity index (χ1n) is 10.4. The third kappa shape index (κ3) is 6.83. The molecular formula is C21H32ClN3O3. The number of aliphatic hydroxyl groups is 1. The molecule has 6 nitrogen and oxygen atoms in total. The van der Waals surface area contributed by atoms with Crippen LogP contribution in [0.5, 0.6) is 5.75 Å². The van der Waals surface area contributed by atoms with E-state index in [-0.39, 0.29) is 30.8 Å². The van der Waals surface area contributed by atoms with Crippen LogP contribution in [-0.2, 0) is 0 Å². The van der Waals surface area contributed by atoms with Crippen LogP contribution in [0.3, 0.4) is 0 Å². The molecule has 0 bridgehead atoms. The van der Waals surface area contributed by atoms with Crippen LogP contribution in [0.2, 0.25) is 5.02 Å². The van der Waals surface area contributed by atoms with Gasteiger partial charge in [-0.15, -0.1) is 0 Å². The first-order chi connectivity index (χ1) is 13.6. The second-order valence-corrected chi connectivity index (χ2v) is 8.36. The molecule has 1 aromatic rings. The molecule has 3 N–H and O–H groups in total. The maximum atomic E-state index is 12.2. The molecule has 1 aromatic carbocycles. The highest BCUT2D eigenvalue weighted by molar-refractivity contribution is 6.30. The number of urea groups is 1. The Morgan fingerprint density at radius 3 is 2.50 bits per heavy atom. The van der Waals surface area contributed by atoms with Crippen LogP contribution in [0.25, 0.3) is 0 Å². The third-order valence-electron chi connectivity index (χ3n) is 5.58. The molecule has 1 saturated heterocycles. The van der Waals surface area contributed by atoms with Crippen molar-refractivity contribution in [3.8, 4) is 5.75 Å². The molecule has 7 heteroatoms. The Morgan fingerprint density at radius 2 is 1.86 bits per heavy atom. The Bertz CT molecular complexity index is 599. The Labute approximate surface area is 172 Å². The molecular weight excluding hydrogens is 378 g/mol. The summed E-state index contributed by atoms with van der Waals surface area (Å²) in [7, 11) is 0. The lowest BCUT2D eigenvalue weighted by Crippen LogP contribution is -2.55. The standard InChI is InChI=1S/C21H32ClN3O3/c22-16-7-9-19(10-8-16)28-20-13-25(14-20)12-11-18(15-26)24-21(27)23-17-5-3-1-2-4-6-17/h7-10,17-18,20,26H,1-6,11-15H2,(H2,23,24,27). The van der Waals surface area contributed by atoms with Gasteiger partial charge >= 0.3 is 6.03 Å². The number of halogens is 1. The van der Waals surface area contributed by atoms with Crippen LogP contribution in [0.1, 0.15) is 44.9 Å². The van der Waals surface area contributed by atoms with E-state index in [0.717, 1.165) is 44.6 Å². The Morgan fingerprint density at radius 1 is 1.18 bits per heavy atom. The van der Waals surface area contributed by atoms with E-state index in [2.05, 4.69) is 15.5 Å². The van der Waals surface area contributed by atoms with Crippen molar-refractivity contribution in [3.05, 3.63) is 29.3 Å². The number of carbonyl (C=O) groups is 1. The number of hydrogen-bond acceptors (Lipinski definition) is 4. The first kappa shape index (κ1) is 21.2. The van der Waals surface area contributed by atoms with Crippen LogP contribution < -0.4 is 15.4 Å². The number of benzene rings is 1. The first-order valence-corrected chi connectivity index (χ1v) is 10.8. The van der Waals surface area contributed by atoms with E-state index in [1.54, 1.807) is 0 Å². The van der Waals surface area contributed by atoms with E-state index >= 15 is 0 Å². The molecule has 0 spiro atoms. The zero-order valence-electron chi connectivity index (χ0n) is 16.4. The number of nitrogens with one attached hydrogen (secondary N) is 2. The normalized spacial score (nSPS) is 20.1. The van der Waals surface area contributed by atoms with Crippen LogP contribution >= 0.6 is 11.6 Å². The van der Waals surface area contributed by atoms with Crippen LogP contribution in [0.15, 0.2) is 24.3 Å². The fourth-order valence-corrected chi connectivity index (χ4v) is 3.99. The van der Waals surface area contributed by atoms with Crippen molar-refractivity contribution in [2.75, 3.05) is 26.2 Å². The average Bonchev–Trinajstić information content (AvgIpc) is 2.92. The monoisotopic (exact) mass is 409 g/mol. The molecule has 1 atom stereocenters. The number of nitrogens with zero attached hydrogens (tertiary/aromatic N) is 1. The van der Waals surface area contributed by atoms with Crippen LogP contribution in [0, 0.1) is 0 Å². The number of aliphatic hydroxyl groups excluding tert-OH is 1. The van der Waals surface area contributed by atoms with Gasteiger partial charge in [0.2, 0.25) is 0 Å². The van der Waals surface area contributed by atoms with Gasteiger partial charge < -0.3 is 20.5 Å². The zero-order valence-corrected chi connectivity index (χ0v) is 17.2. The van der Waals surface area contributed by atoms with Gasteiger partial charge in [0, 0.05) is 30.7 Å². The van der Waals surface area contributed by atoms with Gasteiger partial charge in [0.25, 0.3) is 0 Å². The number of hydrogen-bond donors (Lipinski definition) is 3. The van der Waals surface area contributed by atoms with Crippen molar-refractivity contribution < 1.29 is 14.6 Å². The van der Waals surface area contributed by atoms with E-state index in [1.807, 2.05) is 24.3 Å². The number of carbonyl (C=O) groups excluding carboxylic acids is 1. The minimum absolute atomic E-state index is 0.0450. The fourth-order valence-electron chi connectivity index (χ4n) is 3.87. The van der Waals surface area contributed by atoms with E-state index in [9.17, 15) is 9.90 Å². The summed E-state index contributed by atoms with van der Waals surface area (Å²) in [5.74, 6) is 0.833. The van der Waals surface area contributed by atoms with Crippen molar-refractivity contribution in [3.63, 3.8) is 0 Å². The van der Waals surface area contributed by atoms with Crippen LogP contribution in [-0.4, -0.2) is 60.5 Å². The highest BCUT2D eigenvalue weighted by atomic mass is 35.5. The van der Waals surface area contributed by atoms with Gasteiger partial charge in [0.15, 0.2) is 0 Å². The number of amides is 2. The molecule has 1 aliphatic heterocycles. The topological polar surface area (TPSA) is 73.8 Å². The fraction of sp³-hybridized carbons (Fsp3) is 0.667. The van der Waals surface area contributed by atoms with Crippen molar-refractivity contribution in [1.29, 1.82) is 0 Å². The maximum Gasteiger partial charge on any atom is 0.315 e. The lowest BCUT2D eigenvalue weighted by Gasteiger charge is -2.39. The summed E-state index contributed by atoms with van der Waals surface area (Å²) in [5, 5.41) is 16.3. The van der Waals surface area contributed by atoms with Crippen LogP contribution in [0.4, 0.5) is 4.79 Å². The van der Waals surface area contributed by atoms with Crippen molar-refractivity contribution in [1.82, 2.24) is 15.5 Å². The Hall–Kier alpha value is -1.50. The molecule has 2 amide bonds. The van der Waals surface area contributed by atoms with E-state index in [0.29, 0.717) is 5.02 Å². The van der Waals surface area contributed by atoms with Gasteiger partial charge in [-0.05, 0) is 43.5 Å². The van der Waals surface area contributed by atoms with Gasteiger partial charge in [-0.25, -0.2) is 4.79 Å². The molecule has 1 unspecified atom stereocenters. The summed E-state index contributed by atoms with van der Waals surface area (Å²) in [6.07, 6.45) is 7.91. The van der Waals surface area contributed by atoms with Gasteiger partial charge in [-0.3, -0.25) is 4.90 Å². The largest absolute Gasteiger partial charge is 0.488 e. The molecule has 156 valence electrons. The van der Waals surface area contributed by atoms with E-state index in [4.69, 9.17) is 16.3 Å². The molecule has 1 saturated carbocycles. The molecule has 28 heavy (non-hydrogen) atoms. The smallest absolute Gasteiger partial charge is 0.315 e. The summed E-state index contributed by atoms with van der Waals surface area (Å²) in [6.45, 7) is 2.50. The summed E-state index contributed by atoms with van der Waals surface area (Å²) in [5.41, 5.74) is 0. The van der Waals surface area contributed by atoms with Crippen molar-refractivity contribution >= 4 is 17.6 Å². The van der Waals surface area contributed by atoms with E-state index < -0.39 is 0 Å². The van der Waals surface area contributed by atoms with Crippen molar-refractivity contribution in [2.24, 2.45) is 0 Å². The summed E-state index contributed by atoms with van der Waals surface area (Å²) < 4.78 is 5.90. The number of likely N-dealkylation sites (tertiary alicyclic amines) is 1. The Kier molecular flexibility index (Phi) is 8.25. The van der Waals surface area contributed by atoms with Gasteiger partial charge in [0.05, 0.1) is 12.6 Å². The molecule has 1 aliphatic carbocycles. The second-order valence-electron chi connectivity index (χ2n) is 7.93. The molecule has 0 radical (unpaired) electrons. The minimum atomic E-state index is -0.220. The summed E-state index contributed by atoms with van der Waals surface area (Å²) in [4.78, 5) is 14.5. The molecule has 1 heterocycles. The SMILES string of the molecule is O=C(NC(CO)CCN1CC(Oc2ccc(Cl)cc2)C1)NC1CCCCCC1. The molecule has 2 aliphatic rings. The summed E-state index contributed by atoms with van der Waals surface area (Å²) >= 11 is 5.88. The second kappa shape index (κ2) is 10.9. The number of rotatable bonds is 8. The Balaban J connectivity index is 1.31. The summed E-state index contributed by atoms with van der Waals surface area (Å²) in [6, 6.07) is 7.30. The lowest BCUT2D eigenvalue weighted by atomic mass is 10.1. The quantitative estimate of drug-likeness (QED) is 0.576. The molecule has 0 aromatic heterocycles. The highest BCUT2D eigenvalue weighted by Gasteiger charge is 2.28. The zero-order chi connectivity index (χ0) is 19.8. The maximum absolute atomic E-state index is 12.2. The average molecular weight is 410 g/mol. The predicted octanol–water partition coefficient (Wildman–Crippen LogP) is 3.18. The lowest BCUT2D eigenvalue weighted by molar-refractivity contribution is 0.0168. The van der Waals surface area contributed by atoms with Gasteiger partial charge in [-0.2, -0.15) is 0 Å². The van der Waals surface area contributed by atoms with Gasteiger partial charge in [0.1, 0.15) is 11.9 Å². The predicted molar refractivity (Wildman–Crippen MR) is 111 cm³/mol. The van der Waals surface area contributed by atoms with E-state index in [1.165, 1.54) is 25.7 Å². The highest BCUT2D eigenvalue weighted by Crippen LogP contribution is 2.21. The number of ether oxygens (including phenoxy) is 1. The molecule has 3 rings (SSSR count).